The maximum atomic E-state index is 13.6. The second kappa shape index (κ2) is 6.01. The number of rotatable bonds is 4. The summed E-state index contributed by atoms with van der Waals surface area (Å²) in [5.74, 6) is -0.490. The molecule has 0 N–H and O–H groups in total. The van der Waals surface area contributed by atoms with Crippen LogP contribution in [0, 0.1) is 5.82 Å². The maximum absolute atomic E-state index is 13.6. The molecule has 7 heteroatoms. The molecule has 1 aliphatic heterocycles. The van der Waals surface area contributed by atoms with Crippen molar-refractivity contribution in [1.29, 1.82) is 0 Å². The second-order valence-corrected chi connectivity index (χ2v) is 7.44. The van der Waals surface area contributed by atoms with Crippen LogP contribution >= 0.6 is 0 Å². The van der Waals surface area contributed by atoms with Gasteiger partial charge in [0.1, 0.15) is 0 Å². The van der Waals surface area contributed by atoms with Gasteiger partial charge in [-0.3, -0.25) is 4.79 Å². The van der Waals surface area contributed by atoms with Crippen LogP contribution in [0.4, 0.5) is 4.39 Å². The third-order valence-corrected chi connectivity index (χ3v) is 5.47. The number of carbonyl (C=O) groups is 1. The lowest BCUT2D eigenvalue weighted by atomic mass is 10.1. The lowest BCUT2D eigenvalue weighted by molar-refractivity contribution is -0.130. The van der Waals surface area contributed by atoms with Crippen molar-refractivity contribution in [2.45, 2.75) is 18.9 Å². The van der Waals surface area contributed by atoms with E-state index in [1.807, 2.05) is 0 Å². The predicted molar refractivity (Wildman–Crippen MR) is 76.5 cm³/mol. The summed E-state index contributed by atoms with van der Waals surface area (Å²) in [6, 6.07) is 4.07. The van der Waals surface area contributed by atoms with Crippen LogP contribution in [0.1, 0.15) is 12.0 Å². The Hall–Kier alpha value is -1.63. The fraction of sp³-hybridized carbons (Fsp3) is 0.500. The van der Waals surface area contributed by atoms with Crippen LogP contribution in [-0.4, -0.2) is 50.9 Å². The molecule has 1 amide bonds. The van der Waals surface area contributed by atoms with Gasteiger partial charge in [-0.05, 0) is 24.1 Å². The van der Waals surface area contributed by atoms with Gasteiger partial charge in [0.15, 0.2) is 21.4 Å². The van der Waals surface area contributed by atoms with Crippen LogP contribution < -0.4 is 4.74 Å². The van der Waals surface area contributed by atoms with E-state index < -0.39 is 15.7 Å². The van der Waals surface area contributed by atoms with Gasteiger partial charge in [-0.2, -0.15) is 0 Å². The summed E-state index contributed by atoms with van der Waals surface area (Å²) in [6.07, 6.45) is 0.496. The average Bonchev–Trinajstić information content (AvgIpc) is 2.78. The quantitative estimate of drug-likeness (QED) is 0.832. The highest BCUT2D eigenvalue weighted by Crippen LogP contribution is 2.20. The number of amides is 1. The number of hydrogen-bond donors (Lipinski definition) is 0. The molecule has 1 heterocycles. The molecule has 1 aliphatic rings. The summed E-state index contributed by atoms with van der Waals surface area (Å²) in [5, 5.41) is 0. The highest BCUT2D eigenvalue weighted by Gasteiger charge is 2.32. The molecule has 1 atom stereocenters. The van der Waals surface area contributed by atoms with Gasteiger partial charge in [0.25, 0.3) is 0 Å². The lowest BCUT2D eigenvalue weighted by Crippen LogP contribution is -2.38. The van der Waals surface area contributed by atoms with E-state index in [1.54, 1.807) is 13.1 Å². The van der Waals surface area contributed by atoms with E-state index in [4.69, 9.17) is 4.74 Å². The number of sulfone groups is 1. The molecule has 0 unspecified atom stereocenters. The summed E-state index contributed by atoms with van der Waals surface area (Å²) in [6.45, 7) is 0. The minimum atomic E-state index is -3.03. The molecule has 1 saturated heterocycles. The largest absolute Gasteiger partial charge is 0.494 e. The van der Waals surface area contributed by atoms with Gasteiger partial charge in [0.05, 0.1) is 25.0 Å². The molecule has 0 saturated carbocycles. The van der Waals surface area contributed by atoms with Crippen molar-refractivity contribution in [2.24, 2.45) is 0 Å². The molecule has 1 aromatic rings. The molecular weight excluding hydrogens is 297 g/mol. The number of hydrogen-bond acceptors (Lipinski definition) is 4. The summed E-state index contributed by atoms with van der Waals surface area (Å²) in [7, 11) is -0.0694. The molecule has 5 nitrogen and oxygen atoms in total. The Kier molecular flexibility index (Phi) is 4.51. The first-order valence-corrected chi connectivity index (χ1v) is 8.43. The van der Waals surface area contributed by atoms with Crippen molar-refractivity contribution in [1.82, 2.24) is 4.90 Å². The van der Waals surface area contributed by atoms with Crippen LogP contribution in [0.25, 0.3) is 0 Å². The van der Waals surface area contributed by atoms with E-state index in [0.29, 0.717) is 12.0 Å². The zero-order valence-electron chi connectivity index (χ0n) is 12.0. The fourth-order valence-corrected chi connectivity index (χ4v) is 4.18. The molecule has 0 bridgehead atoms. The van der Waals surface area contributed by atoms with Gasteiger partial charge < -0.3 is 9.64 Å². The Labute approximate surface area is 123 Å². The molecule has 0 aromatic heterocycles. The topological polar surface area (TPSA) is 63.7 Å². The number of ether oxygens (including phenoxy) is 1. The first-order chi connectivity index (χ1) is 9.82. The number of benzene rings is 1. The fourth-order valence-electron chi connectivity index (χ4n) is 2.40. The number of methoxy groups -OCH3 is 1. The Balaban J connectivity index is 2.02. The van der Waals surface area contributed by atoms with Crippen LogP contribution in [0.15, 0.2) is 18.2 Å². The normalized spacial score (nSPS) is 20.2. The third-order valence-electron chi connectivity index (χ3n) is 3.72. The van der Waals surface area contributed by atoms with Crippen LogP contribution in [-0.2, 0) is 21.1 Å². The van der Waals surface area contributed by atoms with Gasteiger partial charge in [-0.15, -0.1) is 0 Å². The zero-order chi connectivity index (χ0) is 15.6. The summed E-state index contributed by atoms with van der Waals surface area (Å²) >= 11 is 0. The van der Waals surface area contributed by atoms with Gasteiger partial charge in [0, 0.05) is 13.1 Å². The molecule has 0 radical (unpaired) electrons. The summed E-state index contributed by atoms with van der Waals surface area (Å²) in [5.41, 5.74) is 0.533. The molecule has 21 heavy (non-hydrogen) atoms. The maximum Gasteiger partial charge on any atom is 0.227 e. The first kappa shape index (κ1) is 15.8. The molecule has 116 valence electrons. The zero-order valence-corrected chi connectivity index (χ0v) is 12.8. The van der Waals surface area contributed by atoms with E-state index in [2.05, 4.69) is 0 Å². The van der Waals surface area contributed by atoms with Crippen LogP contribution in [0.3, 0.4) is 0 Å². The smallest absolute Gasteiger partial charge is 0.227 e. The van der Waals surface area contributed by atoms with E-state index in [-0.39, 0.29) is 35.6 Å². The highest BCUT2D eigenvalue weighted by molar-refractivity contribution is 7.91. The van der Waals surface area contributed by atoms with Crippen molar-refractivity contribution in [3.63, 3.8) is 0 Å². The number of nitrogens with zero attached hydrogens (tertiary/aromatic N) is 1. The van der Waals surface area contributed by atoms with E-state index >= 15 is 0 Å². The van der Waals surface area contributed by atoms with Crippen molar-refractivity contribution in [2.75, 3.05) is 25.7 Å². The van der Waals surface area contributed by atoms with Crippen molar-refractivity contribution in [3.8, 4) is 5.75 Å². The number of carbonyl (C=O) groups excluding carboxylic acids is 1. The predicted octanol–water partition coefficient (Wildman–Crippen LogP) is 1.02. The molecule has 2 rings (SSSR count). The summed E-state index contributed by atoms with van der Waals surface area (Å²) < 4.78 is 41.3. The van der Waals surface area contributed by atoms with Gasteiger partial charge in [-0.25, -0.2) is 12.8 Å². The summed E-state index contributed by atoms with van der Waals surface area (Å²) in [4.78, 5) is 13.6. The van der Waals surface area contributed by atoms with Gasteiger partial charge in [0.2, 0.25) is 5.91 Å². The van der Waals surface area contributed by atoms with Crippen LogP contribution in [0.5, 0.6) is 5.75 Å². The molecule has 0 spiro atoms. The Morgan fingerprint density at radius 1 is 1.48 bits per heavy atom. The van der Waals surface area contributed by atoms with E-state index in [1.165, 1.54) is 24.1 Å². The lowest BCUT2D eigenvalue weighted by Gasteiger charge is -2.23. The minimum absolute atomic E-state index is 0.00616. The number of likely N-dealkylation sites (N-methyl/N-ethyl adjacent to an activating group) is 1. The Bertz CT molecular complexity index is 644. The van der Waals surface area contributed by atoms with E-state index in [0.717, 1.165) is 0 Å². The molecule has 1 aromatic carbocycles. The minimum Gasteiger partial charge on any atom is -0.494 e. The molecule has 0 aliphatic carbocycles. The van der Waals surface area contributed by atoms with Gasteiger partial charge in [-0.1, -0.05) is 6.07 Å². The molecule has 1 fully saturated rings. The SMILES string of the molecule is COc1ccc(CC(=O)N(C)[C@H]2CCS(=O)(=O)C2)cc1F. The number of halogens is 1. The van der Waals surface area contributed by atoms with Crippen molar-refractivity contribution < 1.29 is 22.3 Å². The highest BCUT2D eigenvalue weighted by atomic mass is 32.2. The standard InChI is InChI=1S/C14H18FNO4S/c1-16(11-5-6-21(18,19)9-11)14(17)8-10-3-4-13(20-2)12(15)7-10/h3-4,7,11H,5-6,8-9H2,1-2H3/t11-/m0/s1. The van der Waals surface area contributed by atoms with Crippen LogP contribution in [0.2, 0.25) is 0 Å². The third kappa shape index (κ3) is 3.72. The van der Waals surface area contributed by atoms with Gasteiger partial charge >= 0.3 is 0 Å². The van der Waals surface area contributed by atoms with Crippen molar-refractivity contribution in [3.05, 3.63) is 29.6 Å². The Morgan fingerprint density at radius 2 is 2.19 bits per heavy atom. The average molecular weight is 315 g/mol. The second-order valence-electron chi connectivity index (χ2n) is 5.21. The first-order valence-electron chi connectivity index (χ1n) is 6.61. The monoisotopic (exact) mass is 315 g/mol. The molecular formula is C14H18FNO4S. The van der Waals surface area contributed by atoms with Crippen molar-refractivity contribution >= 4 is 15.7 Å². The van der Waals surface area contributed by atoms with E-state index in [9.17, 15) is 17.6 Å². The Morgan fingerprint density at radius 3 is 2.71 bits per heavy atom.